The minimum atomic E-state index is -0.245. The number of fused-ring (bicyclic) bond motifs is 5. The number of aliphatic hydroxyl groups is 2. The lowest BCUT2D eigenvalue weighted by Crippen LogP contribution is -2.57. The molecule has 0 aliphatic heterocycles. The number of ketones is 1. The fraction of sp³-hybridized carbons (Fsp3) is 0.969. The van der Waals surface area contributed by atoms with Crippen molar-refractivity contribution in [1.82, 2.24) is 0 Å². The Morgan fingerprint density at radius 1 is 0.886 bits per heavy atom. The van der Waals surface area contributed by atoms with Crippen molar-refractivity contribution in [2.75, 3.05) is 0 Å². The molecule has 4 rings (SSSR count). The van der Waals surface area contributed by atoms with Crippen LogP contribution in [-0.4, -0.2) is 28.2 Å². The molecule has 8 unspecified atom stereocenters. The average molecular weight is 493 g/mol. The van der Waals surface area contributed by atoms with Crippen LogP contribution in [0.5, 0.6) is 0 Å². The third-order valence-electron chi connectivity index (χ3n) is 10.6. The molecule has 0 bridgehead atoms. The smallest absolute Gasteiger partial charge is 0.136 e. The first-order chi connectivity index (χ1) is 16.4. The Balaban J connectivity index is 0.000000655. The molecule has 0 aromatic rings. The fourth-order valence-electron chi connectivity index (χ4n) is 9.04. The van der Waals surface area contributed by atoms with E-state index >= 15 is 0 Å². The lowest BCUT2D eigenvalue weighted by atomic mass is 9.44. The Labute approximate surface area is 218 Å². The van der Waals surface area contributed by atoms with Crippen LogP contribution < -0.4 is 0 Å². The quantitative estimate of drug-likeness (QED) is 0.408. The van der Waals surface area contributed by atoms with Crippen LogP contribution in [0.15, 0.2) is 0 Å². The molecule has 0 aromatic carbocycles. The number of rotatable bonds is 5. The first kappa shape index (κ1) is 30.8. The Bertz CT molecular complexity index is 654. The Morgan fingerprint density at radius 3 is 2.06 bits per heavy atom. The highest BCUT2D eigenvalue weighted by atomic mass is 16.3. The lowest BCUT2D eigenvalue weighted by Gasteiger charge is -2.60. The van der Waals surface area contributed by atoms with Crippen LogP contribution in [-0.2, 0) is 4.79 Å². The van der Waals surface area contributed by atoms with Crippen molar-refractivity contribution in [1.29, 1.82) is 0 Å². The van der Waals surface area contributed by atoms with Gasteiger partial charge in [0, 0.05) is 18.4 Å². The zero-order valence-corrected chi connectivity index (χ0v) is 24.8. The van der Waals surface area contributed by atoms with Gasteiger partial charge in [-0.2, -0.15) is 0 Å². The minimum Gasteiger partial charge on any atom is -0.394 e. The van der Waals surface area contributed by atoms with Crippen molar-refractivity contribution in [2.24, 2.45) is 52.3 Å². The van der Waals surface area contributed by atoms with Crippen LogP contribution >= 0.6 is 0 Å². The second kappa shape index (κ2) is 12.9. The number of carbonyl (C=O) groups is 1. The zero-order valence-electron chi connectivity index (χ0n) is 24.8. The van der Waals surface area contributed by atoms with Gasteiger partial charge in [0.15, 0.2) is 0 Å². The highest BCUT2D eigenvalue weighted by Crippen LogP contribution is 2.67. The summed E-state index contributed by atoms with van der Waals surface area (Å²) in [4.78, 5) is 13.2. The van der Waals surface area contributed by atoms with E-state index in [0.717, 1.165) is 49.4 Å². The zero-order chi connectivity index (χ0) is 26.6. The molecule has 0 aromatic heterocycles. The third-order valence-corrected chi connectivity index (χ3v) is 10.6. The van der Waals surface area contributed by atoms with Crippen molar-refractivity contribution in [3.8, 4) is 0 Å². The summed E-state index contributed by atoms with van der Waals surface area (Å²) in [5.41, 5.74) is 0.609. The van der Waals surface area contributed by atoms with E-state index in [-0.39, 0.29) is 23.5 Å². The van der Waals surface area contributed by atoms with Crippen LogP contribution in [0.2, 0.25) is 0 Å². The highest BCUT2D eigenvalue weighted by Gasteiger charge is 2.62. The van der Waals surface area contributed by atoms with E-state index in [1.54, 1.807) is 13.8 Å². The third kappa shape index (κ3) is 6.73. The molecule has 0 heterocycles. The van der Waals surface area contributed by atoms with Crippen LogP contribution in [0.3, 0.4) is 0 Å². The molecule has 0 amide bonds. The molecule has 0 spiro atoms. The maximum Gasteiger partial charge on any atom is 0.136 e. The molecule has 2 N–H and O–H groups in total. The predicted octanol–water partition coefficient (Wildman–Crippen LogP) is 8.06. The summed E-state index contributed by atoms with van der Waals surface area (Å²) >= 11 is 0. The topological polar surface area (TPSA) is 57.5 Å². The molecule has 3 nitrogen and oxygen atoms in total. The van der Waals surface area contributed by atoms with Crippen molar-refractivity contribution < 1.29 is 15.0 Å². The van der Waals surface area contributed by atoms with Gasteiger partial charge in [0.2, 0.25) is 0 Å². The van der Waals surface area contributed by atoms with Gasteiger partial charge in [-0.25, -0.2) is 0 Å². The second-order valence-electron chi connectivity index (χ2n) is 13.7. The summed E-state index contributed by atoms with van der Waals surface area (Å²) in [6, 6.07) is 0. The molecule has 9 atom stereocenters. The number of hydrogen-bond acceptors (Lipinski definition) is 3. The van der Waals surface area contributed by atoms with E-state index in [4.69, 9.17) is 5.11 Å². The summed E-state index contributed by atoms with van der Waals surface area (Å²) in [5.74, 6) is 5.21. The van der Waals surface area contributed by atoms with Gasteiger partial charge in [-0.3, -0.25) is 4.79 Å². The molecule has 0 radical (unpaired) electrons. The van der Waals surface area contributed by atoms with E-state index in [9.17, 15) is 9.90 Å². The molecular formula is C32H60O3. The van der Waals surface area contributed by atoms with Gasteiger partial charge in [0.1, 0.15) is 5.78 Å². The number of aliphatic hydroxyl groups excluding tert-OH is 2. The second-order valence-corrected chi connectivity index (χ2v) is 13.7. The summed E-state index contributed by atoms with van der Waals surface area (Å²) in [5, 5.41) is 18.3. The minimum absolute atomic E-state index is 0.129. The molecule has 4 aliphatic carbocycles. The molecule has 3 heteroatoms. The standard InChI is InChI=1S/C27H46O2.C3H8O.C2H6/c1-17(2)7-6-8-18(3)21-9-10-22-20-16-25(29)24-15-19(28)11-13-27(24,5)23(20)12-14-26(21,22)4;1-3(2)4;1-2/h17-24,28H,6-16H2,1-5H3;3-4H,1-2H3;1-2H3/t18-,19?,20?,21?,22?,23?,24?,26?,27?;;/m1../s1. The van der Waals surface area contributed by atoms with Gasteiger partial charge >= 0.3 is 0 Å². The van der Waals surface area contributed by atoms with Crippen molar-refractivity contribution in [3.63, 3.8) is 0 Å². The van der Waals surface area contributed by atoms with Gasteiger partial charge in [0.05, 0.1) is 6.10 Å². The molecule has 4 fully saturated rings. The van der Waals surface area contributed by atoms with E-state index in [1.807, 2.05) is 13.8 Å². The van der Waals surface area contributed by atoms with E-state index in [1.165, 1.54) is 44.9 Å². The van der Waals surface area contributed by atoms with Crippen LogP contribution in [0.25, 0.3) is 0 Å². The predicted molar refractivity (Wildman–Crippen MR) is 148 cm³/mol. The van der Waals surface area contributed by atoms with Gasteiger partial charge in [0.25, 0.3) is 0 Å². The summed E-state index contributed by atoms with van der Waals surface area (Å²) in [7, 11) is 0. The van der Waals surface area contributed by atoms with Gasteiger partial charge in [-0.15, -0.1) is 0 Å². The summed E-state index contributed by atoms with van der Waals surface area (Å²) < 4.78 is 0. The maximum atomic E-state index is 13.2. The molecule has 4 aliphatic rings. The van der Waals surface area contributed by atoms with Crippen LogP contribution in [0.4, 0.5) is 0 Å². The number of carbonyl (C=O) groups excluding carboxylic acids is 1. The molecule has 35 heavy (non-hydrogen) atoms. The molecule has 4 saturated carbocycles. The first-order valence-electron chi connectivity index (χ1n) is 15.3. The van der Waals surface area contributed by atoms with Crippen molar-refractivity contribution in [3.05, 3.63) is 0 Å². The number of Topliss-reactive ketones (excluding diaryl/α,β-unsaturated/α-hetero) is 1. The molecule has 206 valence electrons. The monoisotopic (exact) mass is 492 g/mol. The van der Waals surface area contributed by atoms with Gasteiger partial charge in [-0.1, -0.05) is 67.7 Å². The first-order valence-corrected chi connectivity index (χ1v) is 15.3. The van der Waals surface area contributed by atoms with Crippen molar-refractivity contribution in [2.45, 2.75) is 145 Å². The van der Waals surface area contributed by atoms with Crippen molar-refractivity contribution >= 4 is 5.78 Å². The molecule has 0 saturated heterocycles. The van der Waals surface area contributed by atoms with E-state index < -0.39 is 0 Å². The maximum absolute atomic E-state index is 13.2. The SMILES string of the molecule is CC.CC(C)CCC[C@@H](C)C1CCC2C3CC(=O)C4CC(O)CCC4(C)C3CCC21C.CC(C)O. The molecular weight excluding hydrogens is 432 g/mol. The Morgan fingerprint density at radius 2 is 1.46 bits per heavy atom. The Kier molecular flexibility index (Phi) is 11.4. The average Bonchev–Trinajstić information content (AvgIpc) is 3.13. The largest absolute Gasteiger partial charge is 0.394 e. The Hall–Kier alpha value is -0.410. The summed E-state index contributed by atoms with van der Waals surface area (Å²) in [6.07, 6.45) is 12.7. The highest BCUT2D eigenvalue weighted by molar-refractivity contribution is 5.83. The normalized spacial score (nSPS) is 41.1. The lowest BCUT2D eigenvalue weighted by molar-refractivity contribution is -0.160. The van der Waals surface area contributed by atoms with Gasteiger partial charge < -0.3 is 10.2 Å². The fourth-order valence-corrected chi connectivity index (χ4v) is 9.04. The van der Waals surface area contributed by atoms with Gasteiger partial charge in [-0.05, 0) is 105 Å². The summed E-state index contributed by atoms with van der Waals surface area (Å²) in [6.45, 7) is 19.7. The van der Waals surface area contributed by atoms with E-state index in [0.29, 0.717) is 23.0 Å². The number of hydrogen-bond donors (Lipinski definition) is 2. The van der Waals surface area contributed by atoms with Crippen LogP contribution in [0, 0.1) is 52.3 Å². The van der Waals surface area contributed by atoms with E-state index in [2.05, 4.69) is 34.6 Å². The van der Waals surface area contributed by atoms with Crippen LogP contribution in [0.1, 0.15) is 133 Å².